The fraction of sp³-hybridized carbons (Fsp3) is 0.500. The topological polar surface area (TPSA) is 47.3 Å². The molecule has 3 heteroatoms. The number of anilines is 1. The predicted molar refractivity (Wildman–Crippen MR) is 64.0 cm³/mol. The van der Waals surface area contributed by atoms with E-state index in [4.69, 9.17) is 10.5 Å². The molecule has 0 aromatic heterocycles. The van der Waals surface area contributed by atoms with Crippen LogP contribution in [-0.2, 0) is 4.74 Å². The van der Waals surface area contributed by atoms with Crippen LogP contribution in [0.5, 0.6) is 0 Å². The van der Waals surface area contributed by atoms with Crippen molar-refractivity contribution in [3.8, 4) is 0 Å². The highest BCUT2D eigenvalue weighted by Crippen LogP contribution is 2.19. The zero-order chi connectivity index (χ0) is 11.1. The van der Waals surface area contributed by atoms with Crippen LogP contribution in [0.2, 0.25) is 0 Å². The molecular formula is C12H20N2O. The molecule has 1 rings (SSSR count). The van der Waals surface area contributed by atoms with Gasteiger partial charge in [0, 0.05) is 18.8 Å². The third kappa shape index (κ3) is 3.90. The number of nitrogens with one attached hydrogen (secondary N) is 1. The van der Waals surface area contributed by atoms with Crippen LogP contribution in [0.25, 0.3) is 0 Å². The molecule has 0 amide bonds. The van der Waals surface area contributed by atoms with Crippen LogP contribution < -0.4 is 11.1 Å². The lowest BCUT2D eigenvalue weighted by molar-refractivity contribution is 0.0718. The first-order valence-electron chi connectivity index (χ1n) is 5.43. The highest BCUT2D eigenvalue weighted by Gasteiger charge is 2.05. The first kappa shape index (κ1) is 12.0. The van der Waals surface area contributed by atoms with E-state index in [1.165, 1.54) is 5.56 Å². The van der Waals surface area contributed by atoms with E-state index in [9.17, 15) is 0 Å². The lowest BCUT2D eigenvalue weighted by Crippen LogP contribution is -2.11. The second-order valence-electron chi connectivity index (χ2n) is 3.46. The Morgan fingerprint density at radius 3 is 2.93 bits per heavy atom. The Bertz CT molecular complexity index is 289. The summed E-state index contributed by atoms with van der Waals surface area (Å²) in [7, 11) is 0. The molecule has 0 aliphatic heterocycles. The summed E-state index contributed by atoms with van der Waals surface area (Å²) >= 11 is 0. The van der Waals surface area contributed by atoms with Crippen molar-refractivity contribution in [3.05, 3.63) is 29.8 Å². The van der Waals surface area contributed by atoms with Crippen molar-refractivity contribution in [2.75, 3.05) is 25.0 Å². The van der Waals surface area contributed by atoms with Crippen LogP contribution >= 0.6 is 0 Å². The SMILES string of the molecule is CCNc1cccc(C(C)OCCN)c1. The van der Waals surface area contributed by atoms with Gasteiger partial charge in [-0.15, -0.1) is 0 Å². The van der Waals surface area contributed by atoms with Crippen molar-refractivity contribution >= 4 is 5.69 Å². The molecule has 0 spiro atoms. The maximum Gasteiger partial charge on any atom is 0.0798 e. The van der Waals surface area contributed by atoms with Crippen LogP contribution in [0.4, 0.5) is 5.69 Å². The Morgan fingerprint density at radius 2 is 2.27 bits per heavy atom. The molecule has 0 saturated heterocycles. The van der Waals surface area contributed by atoms with Gasteiger partial charge in [0.1, 0.15) is 0 Å². The molecule has 0 aliphatic rings. The number of benzene rings is 1. The Morgan fingerprint density at radius 1 is 1.47 bits per heavy atom. The molecule has 1 aromatic rings. The van der Waals surface area contributed by atoms with E-state index in [2.05, 4.69) is 30.4 Å². The summed E-state index contributed by atoms with van der Waals surface area (Å²) in [6.45, 7) is 6.23. The van der Waals surface area contributed by atoms with E-state index in [0.29, 0.717) is 13.2 Å². The molecule has 1 unspecified atom stereocenters. The molecule has 1 atom stereocenters. The largest absolute Gasteiger partial charge is 0.385 e. The monoisotopic (exact) mass is 208 g/mol. The Kier molecular flexibility index (Phi) is 5.15. The number of nitrogens with two attached hydrogens (primary N) is 1. The molecule has 3 N–H and O–H groups in total. The highest BCUT2D eigenvalue weighted by molar-refractivity contribution is 5.46. The predicted octanol–water partition coefficient (Wildman–Crippen LogP) is 2.15. The van der Waals surface area contributed by atoms with Gasteiger partial charge in [-0.05, 0) is 31.5 Å². The first-order chi connectivity index (χ1) is 7.27. The van der Waals surface area contributed by atoms with Crippen molar-refractivity contribution in [2.24, 2.45) is 5.73 Å². The average Bonchev–Trinajstić information content (AvgIpc) is 2.27. The number of hydrogen-bond acceptors (Lipinski definition) is 3. The number of ether oxygens (including phenoxy) is 1. The fourth-order valence-corrected chi connectivity index (χ4v) is 1.45. The molecule has 0 aliphatic carbocycles. The summed E-state index contributed by atoms with van der Waals surface area (Å²) in [4.78, 5) is 0. The van der Waals surface area contributed by atoms with E-state index in [1.807, 2.05) is 13.0 Å². The Labute approximate surface area is 91.6 Å². The van der Waals surface area contributed by atoms with Crippen LogP contribution in [0.1, 0.15) is 25.5 Å². The quantitative estimate of drug-likeness (QED) is 0.753. The van der Waals surface area contributed by atoms with Gasteiger partial charge in [-0.3, -0.25) is 0 Å². The third-order valence-corrected chi connectivity index (χ3v) is 2.22. The van der Waals surface area contributed by atoms with Gasteiger partial charge in [0.05, 0.1) is 12.7 Å². The second-order valence-corrected chi connectivity index (χ2v) is 3.46. The van der Waals surface area contributed by atoms with Crippen molar-refractivity contribution in [3.63, 3.8) is 0 Å². The number of hydrogen-bond donors (Lipinski definition) is 2. The zero-order valence-corrected chi connectivity index (χ0v) is 9.49. The summed E-state index contributed by atoms with van der Waals surface area (Å²) in [6.07, 6.45) is 0.104. The summed E-state index contributed by atoms with van der Waals surface area (Å²) < 4.78 is 5.56. The molecule has 0 bridgehead atoms. The normalized spacial score (nSPS) is 12.5. The molecule has 0 radical (unpaired) electrons. The van der Waals surface area contributed by atoms with E-state index < -0.39 is 0 Å². The first-order valence-corrected chi connectivity index (χ1v) is 5.43. The third-order valence-electron chi connectivity index (χ3n) is 2.22. The van der Waals surface area contributed by atoms with Crippen LogP contribution in [0.15, 0.2) is 24.3 Å². The van der Waals surface area contributed by atoms with Crippen molar-refractivity contribution < 1.29 is 4.74 Å². The maximum absolute atomic E-state index is 5.56. The van der Waals surface area contributed by atoms with Gasteiger partial charge in [0.2, 0.25) is 0 Å². The zero-order valence-electron chi connectivity index (χ0n) is 9.49. The molecular weight excluding hydrogens is 188 g/mol. The molecule has 84 valence electrons. The maximum atomic E-state index is 5.56. The molecule has 0 heterocycles. The highest BCUT2D eigenvalue weighted by atomic mass is 16.5. The Balaban J connectivity index is 2.62. The summed E-state index contributed by atoms with van der Waals surface area (Å²) in [5.41, 5.74) is 7.71. The summed E-state index contributed by atoms with van der Waals surface area (Å²) in [6, 6.07) is 8.28. The lowest BCUT2D eigenvalue weighted by Gasteiger charge is -2.14. The summed E-state index contributed by atoms with van der Waals surface area (Å²) in [5, 5.41) is 3.28. The standard InChI is InChI=1S/C12H20N2O/c1-3-14-12-6-4-5-11(9-12)10(2)15-8-7-13/h4-6,9-10,14H,3,7-8,13H2,1-2H3. The van der Waals surface area contributed by atoms with Gasteiger partial charge in [-0.25, -0.2) is 0 Å². The van der Waals surface area contributed by atoms with Gasteiger partial charge >= 0.3 is 0 Å². The van der Waals surface area contributed by atoms with Gasteiger partial charge in [0.15, 0.2) is 0 Å². The van der Waals surface area contributed by atoms with Gasteiger partial charge < -0.3 is 15.8 Å². The van der Waals surface area contributed by atoms with Gasteiger partial charge in [-0.2, -0.15) is 0 Å². The summed E-state index contributed by atoms with van der Waals surface area (Å²) in [5.74, 6) is 0. The minimum absolute atomic E-state index is 0.104. The molecule has 15 heavy (non-hydrogen) atoms. The van der Waals surface area contributed by atoms with Crippen LogP contribution in [0, 0.1) is 0 Å². The molecule has 3 nitrogen and oxygen atoms in total. The number of rotatable bonds is 6. The lowest BCUT2D eigenvalue weighted by atomic mass is 10.1. The van der Waals surface area contributed by atoms with E-state index >= 15 is 0 Å². The van der Waals surface area contributed by atoms with Crippen LogP contribution in [-0.4, -0.2) is 19.7 Å². The van der Waals surface area contributed by atoms with Crippen LogP contribution in [0.3, 0.4) is 0 Å². The van der Waals surface area contributed by atoms with Crippen molar-refractivity contribution in [1.29, 1.82) is 0 Å². The second kappa shape index (κ2) is 6.43. The molecule has 0 fully saturated rings. The molecule has 0 saturated carbocycles. The smallest absolute Gasteiger partial charge is 0.0798 e. The van der Waals surface area contributed by atoms with E-state index in [-0.39, 0.29) is 6.10 Å². The van der Waals surface area contributed by atoms with Crippen molar-refractivity contribution in [1.82, 2.24) is 0 Å². The average molecular weight is 208 g/mol. The molecule has 1 aromatic carbocycles. The van der Waals surface area contributed by atoms with Crippen molar-refractivity contribution in [2.45, 2.75) is 20.0 Å². The minimum atomic E-state index is 0.104. The van der Waals surface area contributed by atoms with E-state index in [1.54, 1.807) is 0 Å². The fourth-order valence-electron chi connectivity index (χ4n) is 1.45. The van der Waals surface area contributed by atoms with Gasteiger partial charge in [-0.1, -0.05) is 12.1 Å². The minimum Gasteiger partial charge on any atom is -0.385 e. The van der Waals surface area contributed by atoms with Gasteiger partial charge in [0.25, 0.3) is 0 Å². The Hall–Kier alpha value is -1.06. The van der Waals surface area contributed by atoms with E-state index in [0.717, 1.165) is 12.2 Å².